The van der Waals surface area contributed by atoms with Gasteiger partial charge in [-0.2, -0.15) is 13.2 Å². The summed E-state index contributed by atoms with van der Waals surface area (Å²) in [5.41, 5.74) is -0.111. The van der Waals surface area contributed by atoms with Crippen molar-refractivity contribution in [3.8, 4) is 0 Å². The molecule has 0 amide bonds. The lowest BCUT2D eigenvalue weighted by molar-refractivity contribution is -0.107. The number of halogens is 3. The Bertz CT molecular complexity index is 345. The van der Waals surface area contributed by atoms with Crippen LogP contribution in [0, 0.1) is 5.41 Å². The van der Waals surface area contributed by atoms with Crippen LogP contribution in [-0.4, -0.2) is 37.7 Å². The molecule has 0 atom stereocenters. The molecular weight excluding hydrogens is 279 g/mol. The number of hydrogen-bond acceptors (Lipinski definition) is 2. The largest absolute Gasteiger partial charge is 0.404 e. The first kappa shape index (κ1) is 21.0. The summed E-state index contributed by atoms with van der Waals surface area (Å²) >= 11 is 0. The van der Waals surface area contributed by atoms with Crippen molar-refractivity contribution in [3.05, 3.63) is 0 Å². The van der Waals surface area contributed by atoms with E-state index >= 15 is 0 Å². The first-order valence-corrected chi connectivity index (χ1v) is 7.53. The molecule has 0 aliphatic rings. The van der Waals surface area contributed by atoms with Crippen LogP contribution in [0.4, 0.5) is 13.2 Å². The highest BCUT2D eigenvalue weighted by Gasteiger charge is 2.38. The Labute approximate surface area is 115 Å². The maximum Gasteiger partial charge on any atom is 0.404 e. The maximum atomic E-state index is 12.2. The summed E-state index contributed by atoms with van der Waals surface area (Å²) < 4.78 is 60.9. The van der Waals surface area contributed by atoms with E-state index in [9.17, 15) is 21.6 Å². The lowest BCUT2D eigenvalue weighted by Gasteiger charge is -2.26. The molecule has 0 aliphatic carbocycles. The smallest absolute Gasteiger partial charge is 0.212 e. The van der Waals surface area contributed by atoms with Gasteiger partial charge in [-0.05, 0) is 18.3 Å². The molecule has 0 saturated carbocycles. The van der Waals surface area contributed by atoms with Gasteiger partial charge in [-0.15, -0.1) is 0 Å². The Hall–Kier alpha value is -0.300. The van der Waals surface area contributed by atoms with Crippen LogP contribution in [0.3, 0.4) is 0 Å². The van der Waals surface area contributed by atoms with Crippen LogP contribution < -0.4 is 0 Å². The van der Waals surface area contributed by atoms with Gasteiger partial charge >= 0.3 is 6.18 Å². The van der Waals surface area contributed by atoms with Gasteiger partial charge in [0.15, 0.2) is 5.75 Å². The van der Waals surface area contributed by atoms with E-state index in [1.165, 1.54) is 0 Å². The molecule has 0 aromatic rings. The van der Waals surface area contributed by atoms with Crippen molar-refractivity contribution in [1.82, 2.24) is 4.31 Å². The predicted molar refractivity (Wildman–Crippen MR) is 72.5 cm³/mol. The van der Waals surface area contributed by atoms with Gasteiger partial charge in [0.25, 0.3) is 0 Å². The second-order valence-electron chi connectivity index (χ2n) is 5.58. The molecule has 0 heterocycles. The van der Waals surface area contributed by atoms with Gasteiger partial charge in [0, 0.05) is 13.1 Å². The fourth-order valence-electron chi connectivity index (χ4n) is 1.40. The summed E-state index contributed by atoms with van der Waals surface area (Å²) in [6, 6.07) is 0. The van der Waals surface area contributed by atoms with Crippen LogP contribution in [-0.2, 0) is 10.0 Å². The Balaban J connectivity index is 0. The number of sulfonamides is 1. The van der Waals surface area contributed by atoms with Crippen LogP contribution in [0.25, 0.3) is 0 Å². The SMILES string of the molecule is C.CCCN(CCC(C)(C)C)S(=O)(=O)CC(F)(F)F. The minimum atomic E-state index is -4.69. The average molecular weight is 305 g/mol. The molecule has 7 heteroatoms. The molecular formula is C12H26F3NO2S. The molecule has 0 spiro atoms. The molecule has 0 saturated heterocycles. The van der Waals surface area contributed by atoms with E-state index in [1.54, 1.807) is 6.92 Å². The summed E-state index contributed by atoms with van der Waals surface area (Å²) in [5.74, 6) is -1.77. The second kappa shape index (κ2) is 7.47. The number of alkyl halides is 3. The highest BCUT2D eigenvalue weighted by atomic mass is 32.2. The van der Waals surface area contributed by atoms with Crippen LogP contribution in [0.2, 0.25) is 0 Å². The third-order valence-electron chi connectivity index (χ3n) is 2.32. The molecule has 118 valence electrons. The molecule has 0 aromatic heterocycles. The first-order valence-electron chi connectivity index (χ1n) is 5.92. The highest BCUT2D eigenvalue weighted by molar-refractivity contribution is 7.89. The van der Waals surface area contributed by atoms with E-state index in [1.807, 2.05) is 20.8 Å². The van der Waals surface area contributed by atoms with Crippen molar-refractivity contribution in [2.45, 2.75) is 54.1 Å². The molecule has 3 nitrogen and oxygen atoms in total. The van der Waals surface area contributed by atoms with Gasteiger partial charge in [-0.25, -0.2) is 12.7 Å². The summed E-state index contributed by atoms with van der Waals surface area (Å²) in [4.78, 5) is 0. The van der Waals surface area contributed by atoms with Crippen molar-refractivity contribution in [2.75, 3.05) is 18.8 Å². The third kappa shape index (κ3) is 10.2. The van der Waals surface area contributed by atoms with E-state index in [-0.39, 0.29) is 25.9 Å². The van der Waals surface area contributed by atoms with Crippen LogP contribution in [0.15, 0.2) is 0 Å². The molecule has 0 radical (unpaired) electrons. The van der Waals surface area contributed by atoms with E-state index in [0.717, 1.165) is 4.31 Å². The molecule has 19 heavy (non-hydrogen) atoms. The molecule has 0 rings (SSSR count). The van der Waals surface area contributed by atoms with Gasteiger partial charge in [0.05, 0.1) is 0 Å². The van der Waals surface area contributed by atoms with E-state index in [0.29, 0.717) is 12.8 Å². The molecule has 0 unspecified atom stereocenters. The second-order valence-corrected chi connectivity index (χ2v) is 7.55. The number of hydrogen-bond donors (Lipinski definition) is 0. The minimum Gasteiger partial charge on any atom is -0.212 e. The Kier molecular flexibility index (Phi) is 8.26. The summed E-state index contributed by atoms with van der Waals surface area (Å²) in [5, 5.41) is 0. The van der Waals surface area contributed by atoms with Crippen molar-refractivity contribution in [1.29, 1.82) is 0 Å². The zero-order valence-corrected chi connectivity index (χ0v) is 12.2. The van der Waals surface area contributed by atoms with Crippen LogP contribution in [0.5, 0.6) is 0 Å². The third-order valence-corrected chi connectivity index (χ3v) is 4.17. The van der Waals surface area contributed by atoms with Crippen LogP contribution in [0.1, 0.15) is 48.0 Å². The standard InChI is InChI=1S/C11H22F3NO2S.CH4/c1-5-7-15(8-6-10(2,3)4)18(16,17)9-11(12,13)14;/h5-9H2,1-4H3;1H4. The molecule has 0 N–H and O–H groups in total. The normalized spacial score (nSPS) is 13.5. The zero-order valence-electron chi connectivity index (χ0n) is 11.3. The summed E-state index contributed by atoms with van der Waals surface area (Å²) in [6.45, 7) is 7.78. The van der Waals surface area contributed by atoms with Gasteiger partial charge < -0.3 is 0 Å². The monoisotopic (exact) mass is 305 g/mol. The zero-order chi connectivity index (χ0) is 14.6. The van der Waals surface area contributed by atoms with Crippen molar-refractivity contribution in [2.24, 2.45) is 5.41 Å². The van der Waals surface area contributed by atoms with Crippen molar-refractivity contribution >= 4 is 10.0 Å². The van der Waals surface area contributed by atoms with E-state index in [4.69, 9.17) is 0 Å². The fraction of sp³-hybridized carbons (Fsp3) is 1.00. The molecule has 0 aromatic carbocycles. The maximum absolute atomic E-state index is 12.2. The van der Waals surface area contributed by atoms with Gasteiger partial charge in [0.2, 0.25) is 10.0 Å². The number of nitrogens with zero attached hydrogens (tertiary/aromatic N) is 1. The number of rotatable bonds is 6. The Morgan fingerprint density at radius 1 is 1.05 bits per heavy atom. The Morgan fingerprint density at radius 3 is 1.84 bits per heavy atom. The Morgan fingerprint density at radius 2 is 1.53 bits per heavy atom. The lowest BCUT2D eigenvalue weighted by Crippen LogP contribution is -2.39. The minimum absolute atomic E-state index is 0. The fourth-order valence-corrected chi connectivity index (χ4v) is 2.82. The lowest BCUT2D eigenvalue weighted by atomic mass is 9.92. The molecule has 0 bridgehead atoms. The molecule has 0 fully saturated rings. The van der Waals surface area contributed by atoms with Crippen molar-refractivity contribution < 1.29 is 21.6 Å². The first-order chi connectivity index (χ1) is 7.87. The van der Waals surface area contributed by atoms with Gasteiger partial charge in [-0.3, -0.25) is 0 Å². The molecule has 0 aliphatic heterocycles. The summed E-state index contributed by atoms with van der Waals surface area (Å²) in [6.07, 6.45) is -3.65. The van der Waals surface area contributed by atoms with Crippen molar-refractivity contribution in [3.63, 3.8) is 0 Å². The van der Waals surface area contributed by atoms with Gasteiger partial charge in [0.1, 0.15) is 0 Å². The quantitative estimate of drug-likeness (QED) is 0.751. The van der Waals surface area contributed by atoms with Crippen LogP contribution >= 0.6 is 0 Å². The highest BCUT2D eigenvalue weighted by Crippen LogP contribution is 2.23. The topological polar surface area (TPSA) is 37.4 Å². The van der Waals surface area contributed by atoms with E-state index < -0.39 is 22.0 Å². The van der Waals surface area contributed by atoms with E-state index in [2.05, 4.69) is 0 Å². The average Bonchev–Trinajstić information content (AvgIpc) is 2.05. The van der Waals surface area contributed by atoms with Gasteiger partial charge in [-0.1, -0.05) is 35.1 Å². The summed E-state index contributed by atoms with van der Waals surface area (Å²) in [7, 11) is -4.26. The predicted octanol–water partition coefficient (Wildman–Crippen LogP) is 3.66.